The van der Waals surface area contributed by atoms with Crippen molar-refractivity contribution in [3.63, 3.8) is 0 Å². The number of benzene rings is 2. The zero-order valence-corrected chi connectivity index (χ0v) is 20.9. The molecule has 0 bridgehead atoms. The molecule has 1 aliphatic rings. The number of amides is 2. The molecule has 0 atom stereocenters. The van der Waals surface area contributed by atoms with Crippen molar-refractivity contribution >= 4 is 49.2 Å². The number of nitrogens with zero attached hydrogens (tertiary/aromatic N) is 2. The number of anilines is 1. The van der Waals surface area contributed by atoms with Gasteiger partial charge in [-0.3, -0.25) is 9.59 Å². The van der Waals surface area contributed by atoms with Gasteiger partial charge < -0.3 is 5.32 Å². The molecule has 176 valence electrons. The monoisotopic (exact) mass is 534 g/mol. The molecule has 1 aliphatic heterocycles. The number of hydrazone groups is 1. The molecule has 33 heavy (non-hydrogen) atoms. The predicted octanol–water partition coefficient (Wildman–Crippen LogP) is 3.68. The molecule has 0 saturated carbocycles. The lowest BCUT2D eigenvalue weighted by molar-refractivity contribution is -0.126. The largest absolute Gasteiger partial charge is 0.326 e. The number of nitrogens with one attached hydrogen (secondary N) is 2. The van der Waals surface area contributed by atoms with Gasteiger partial charge in [0.15, 0.2) is 0 Å². The van der Waals surface area contributed by atoms with Gasteiger partial charge in [-0.25, -0.2) is 13.8 Å². The van der Waals surface area contributed by atoms with Crippen molar-refractivity contribution in [1.82, 2.24) is 9.73 Å². The Balaban J connectivity index is 1.47. The molecule has 8 nitrogen and oxygen atoms in total. The average Bonchev–Trinajstić information content (AvgIpc) is 2.79. The van der Waals surface area contributed by atoms with Crippen LogP contribution in [0.5, 0.6) is 0 Å². The highest BCUT2D eigenvalue weighted by Crippen LogP contribution is 2.24. The fraction of sp³-hybridized carbons (Fsp3) is 0.348. The van der Waals surface area contributed by atoms with Gasteiger partial charge in [-0.05, 0) is 63.1 Å². The molecule has 10 heteroatoms. The molecule has 1 fully saturated rings. The molecule has 3 rings (SSSR count). The van der Waals surface area contributed by atoms with Gasteiger partial charge in [0.2, 0.25) is 21.8 Å². The Labute approximate surface area is 202 Å². The number of aryl methyl sites for hydroxylation is 1. The zero-order chi connectivity index (χ0) is 24.0. The van der Waals surface area contributed by atoms with Crippen molar-refractivity contribution in [2.24, 2.45) is 11.0 Å². The van der Waals surface area contributed by atoms with E-state index in [2.05, 4.69) is 31.8 Å². The number of piperidine rings is 1. The van der Waals surface area contributed by atoms with Gasteiger partial charge in [-0.15, -0.1) is 0 Å². The quantitative estimate of drug-likeness (QED) is 0.417. The Morgan fingerprint density at radius 3 is 2.27 bits per heavy atom. The lowest BCUT2D eigenvalue weighted by Crippen LogP contribution is -2.42. The molecule has 0 unspecified atom stereocenters. The van der Waals surface area contributed by atoms with Crippen LogP contribution in [0, 0.1) is 12.8 Å². The second kappa shape index (κ2) is 11.0. The Kier molecular flexibility index (Phi) is 8.39. The first kappa shape index (κ1) is 25.1. The van der Waals surface area contributed by atoms with Crippen LogP contribution in [0.3, 0.4) is 0 Å². The number of rotatable bonds is 7. The van der Waals surface area contributed by atoms with Gasteiger partial charge in [-0.1, -0.05) is 33.6 Å². The van der Waals surface area contributed by atoms with Crippen molar-refractivity contribution < 1.29 is 18.0 Å². The molecule has 1 saturated heterocycles. The predicted molar refractivity (Wildman–Crippen MR) is 131 cm³/mol. The number of carbonyl (C=O) groups excluding carboxylic acids is 2. The van der Waals surface area contributed by atoms with Crippen molar-refractivity contribution in [3.05, 3.63) is 58.6 Å². The summed E-state index contributed by atoms with van der Waals surface area (Å²) in [6.07, 6.45) is 0.870. The molecule has 2 aromatic rings. The average molecular weight is 535 g/mol. The van der Waals surface area contributed by atoms with E-state index in [9.17, 15) is 18.0 Å². The van der Waals surface area contributed by atoms with Crippen LogP contribution in [-0.2, 0) is 19.6 Å². The maximum absolute atomic E-state index is 12.8. The Morgan fingerprint density at radius 1 is 1.06 bits per heavy atom. The molecule has 2 amide bonds. The van der Waals surface area contributed by atoms with Gasteiger partial charge in [0.05, 0.1) is 11.3 Å². The summed E-state index contributed by atoms with van der Waals surface area (Å²) >= 11 is 3.34. The summed E-state index contributed by atoms with van der Waals surface area (Å²) in [5.74, 6) is -0.833. The summed E-state index contributed by atoms with van der Waals surface area (Å²) in [6, 6.07) is 14.0. The third-order valence-corrected chi connectivity index (χ3v) is 7.83. The summed E-state index contributed by atoms with van der Waals surface area (Å²) in [5.41, 5.74) is 4.65. The van der Waals surface area contributed by atoms with Crippen LogP contribution < -0.4 is 10.7 Å². The first-order chi connectivity index (χ1) is 15.6. The summed E-state index contributed by atoms with van der Waals surface area (Å²) < 4.78 is 27.9. The summed E-state index contributed by atoms with van der Waals surface area (Å²) in [6.45, 7) is 4.11. The Bertz CT molecular complexity index is 1120. The van der Waals surface area contributed by atoms with E-state index in [0.717, 1.165) is 10.0 Å². The van der Waals surface area contributed by atoms with E-state index >= 15 is 0 Å². The van der Waals surface area contributed by atoms with Crippen LogP contribution >= 0.6 is 15.9 Å². The number of halogens is 1. The van der Waals surface area contributed by atoms with Crippen molar-refractivity contribution in [1.29, 1.82) is 0 Å². The molecular weight excluding hydrogens is 508 g/mol. The molecule has 0 aromatic heterocycles. The number of sulfonamides is 1. The van der Waals surface area contributed by atoms with Crippen LogP contribution in [0.25, 0.3) is 0 Å². The standard InChI is InChI=1S/C23H27BrN4O4S/c1-16-3-9-21(10-4-16)33(31,32)28-13-11-18(12-14-28)23(30)27-26-17(2)15-22(29)25-20-7-5-19(24)6-8-20/h3-10,18H,11-15H2,1-2H3,(H,25,29)(H,27,30). The number of hydrogen-bond donors (Lipinski definition) is 2. The van der Waals surface area contributed by atoms with Gasteiger partial charge in [0.1, 0.15) is 0 Å². The zero-order valence-electron chi connectivity index (χ0n) is 18.5. The highest BCUT2D eigenvalue weighted by Gasteiger charge is 2.32. The van der Waals surface area contributed by atoms with Gasteiger partial charge >= 0.3 is 0 Å². The molecule has 1 heterocycles. The highest BCUT2D eigenvalue weighted by atomic mass is 79.9. The highest BCUT2D eigenvalue weighted by molar-refractivity contribution is 9.10. The minimum absolute atomic E-state index is 0.0452. The second-order valence-corrected chi connectivity index (χ2v) is 10.9. The molecule has 0 aliphatic carbocycles. The van der Waals surface area contributed by atoms with Crippen molar-refractivity contribution in [3.8, 4) is 0 Å². The van der Waals surface area contributed by atoms with Gasteiger partial charge in [0, 0.05) is 34.9 Å². The fourth-order valence-corrected chi connectivity index (χ4v) is 5.20. The van der Waals surface area contributed by atoms with E-state index in [1.54, 1.807) is 43.3 Å². The normalized spacial score (nSPS) is 15.8. The molecule has 0 radical (unpaired) electrons. The Hall–Kier alpha value is -2.56. The minimum Gasteiger partial charge on any atom is -0.326 e. The summed E-state index contributed by atoms with van der Waals surface area (Å²) in [4.78, 5) is 24.9. The van der Waals surface area contributed by atoms with Crippen molar-refractivity contribution in [2.75, 3.05) is 18.4 Å². The molecular formula is C23H27BrN4O4S. The smallest absolute Gasteiger partial charge is 0.243 e. The molecule has 2 N–H and O–H groups in total. The number of hydrogen-bond acceptors (Lipinski definition) is 5. The number of carbonyl (C=O) groups is 2. The summed E-state index contributed by atoms with van der Waals surface area (Å²) in [5, 5.41) is 6.81. The van der Waals surface area contributed by atoms with E-state index in [-0.39, 0.29) is 42.1 Å². The first-order valence-electron chi connectivity index (χ1n) is 10.6. The second-order valence-electron chi connectivity index (χ2n) is 8.05. The van der Waals surface area contributed by atoms with Gasteiger partial charge in [-0.2, -0.15) is 9.41 Å². The third-order valence-electron chi connectivity index (χ3n) is 5.38. The van der Waals surface area contributed by atoms with Crippen LogP contribution in [-0.4, -0.2) is 43.3 Å². The van der Waals surface area contributed by atoms with Crippen molar-refractivity contribution in [2.45, 2.75) is 38.0 Å². The Morgan fingerprint density at radius 2 is 1.67 bits per heavy atom. The minimum atomic E-state index is -3.57. The lowest BCUT2D eigenvalue weighted by atomic mass is 9.98. The van der Waals surface area contributed by atoms with Crippen LogP contribution in [0.15, 0.2) is 63.0 Å². The van der Waals surface area contributed by atoms with Crippen LogP contribution in [0.1, 0.15) is 31.7 Å². The van der Waals surface area contributed by atoms with E-state index < -0.39 is 10.0 Å². The van der Waals surface area contributed by atoms with E-state index in [4.69, 9.17) is 0 Å². The van der Waals surface area contributed by atoms with Gasteiger partial charge in [0.25, 0.3) is 0 Å². The van der Waals surface area contributed by atoms with Crippen LogP contribution in [0.4, 0.5) is 5.69 Å². The van der Waals surface area contributed by atoms with E-state index in [1.165, 1.54) is 4.31 Å². The van der Waals surface area contributed by atoms with E-state index in [0.29, 0.717) is 24.2 Å². The molecule has 0 spiro atoms. The molecule has 2 aromatic carbocycles. The van der Waals surface area contributed by atoms with E-state index in [1.807, 2.05) is 19.1 Å². The summed E-state index contributed by atoms with van der Waals surface area (Å²) in [7, 11) is -3.57. The first-order valence-corrected chi connectivity index (χ1v) is 12.8. The topological polar surface area (TPSA) is 108 Å². The van der Waals surface area contributed by atoms with Crippen LogP contribution in [0.2, 0.25) is 0 Å². The maximum Gasteiger partial charge on any atom is 0.243 e. The SMILES string of the molecule is CC(CC(=O)Nc1ccc(Br)cc1)=NNC(=O)C1CCN(S(=O)(=O)c2ccc(C)cc2)CC1. The fourth-order valence-electron chi connectivity index (χ4n) is 3.47. The lowest BCUT2D eigenvalue weighted by Gasteiger charge is -2.30. The maximum atomic E-state index is 12.8. The third kappa shape index (κ3) is 6.96.